The van der Waals surface area contributed by atoms with Gasteiger partial charge in [-0.05, 0) is 19.1 Å². The Morgan fingerprint density at radius 1 is 1.21 bits per heavy atom. The summed E-state index contributed by atoms with van der Waals surface area (Å²) in [6.07, 6.45) is -3.07. The van der Waals surface area contributed by atoms with E-state index in [-0.39, 0.29) is 6.61 Å². The Morgan fingerprint density at radius 2 is 1.84 bits per heavy atom. The van der Waals surface area contributed by atoms with Crippen LogP contribution in [0, 0.1) is 6.92 Å². The van der Waals surface area contributed by atoms with E-state index in [1.807, 2.05) is 31.2 Å². The van der Waals surface area contributed by atoms with E-state index in [1.165, 1.54) is 11.8 Å². The molecule has 1 saturated heterocycles. The van der Waals surface area contributed by atoms with Crippen LogP contribution in [0.4, 0.5) is 0 Å². The summed E-state index contributed by atoms with van der Waals surface area (Å²) in [5.41, 5.74) is 6.52. The monoisotopic (exact) mass is 285 g/mol. The van der Waals surface area contributed by atoms with Gasteiger partial charge >= 0.3 is 0 Å². The van der Waals surface area contributed by atoms with Gasteiger partial charge in [-0.25, -0.2) is 0 Å². The van der Waals surface area contributed by atoms with Crippen LogP contribution in [0.25, 0.3) is 0 Å². The molecule has 5 atom stereocenters. The molecule has 0 unspecified atom stereocenters. The third-order valence-corrected chi connectivity index (χ3v) is 4.40. The highest BCUT2D eigenvalue weighted by Crippen LogP contribution is 2.32. The Hall–Kier alpha value is -0.630. The fourth-order valence-corrected chi connectivity index (χ4v) is 3.04. The van der Waals surface area contributed by atoms with Gasteiger partial charge in [0.15, 0.2) is 0 Å². The summed E-state index contributed by atoms with van der Waals surface area (Å²) in [4.78, 5) is 0.964. The van der Waals surface area contributed by atoms with E-state index < -0.39 is 29.8 Å². The summed E-state index contributed by atoms with van der Waals surface area (Å²) in [7, 11) is 0. The molecule has 6 heteroatoms. The van der Waals surface area contributed by atoms with E-state index in [9.17, 15) is 10.2 Å². The first kappa shape index (κ1) is 14.8. The molecule has 1 aliphatic heterocycles. The van der Waals surface area contributed by atoms with Crippen LogP contribution in [0.1, 0.15) is 5.56 Å². The zero-order valence-electron chi connectivity index (χ0n) is 10.6. The van der Waals surface area contributed by atoms with Crippen LogP contribution in [-0.2, 0) is 4.74 Å². The topological polar surface area (TPSA) is 95.9 Å². The second kappa shape index (κ2) is 6.21. The first-order valence-electron chi connectivity index (χ1n) is 6.14. The number of aliphatic hydroxyl groups is 3. The highest BCUT2D eigenvalue weighted by Gasteiger charge is 2.42. The normalized spacial score (nSPS) is 35.3. The molecule has 0 saturated carbocycles. The molecule has 1 aromatic carbocycles. The van der Waals surface area contributed by atoms with Gasteiger partial charge in [0.05, 0.1) is 12.6 Å². The maximum absolute atomic E-state index is 9.86. The molecule has 0 aliphatic carbocycles. The van der Waals surface area contributed by atoms with Gasteiger partial charge in [-0.1, -0.05) is 29.5 Å². The van der Waals surface area contributed by atoms with E-state index in [0.29, 0.717) is 0 Å². The summed E-state index contributed by atoms with van der Waals surface area (Å²) in [6, 6.07) is 7.14. The van der Waals surface area contributed by atoms with E-state index in [4.69, 9.17) is 15.6 Å². The average molecular weight is 285 g/mol. The lowest BCUT2D eigenvalue weighted by molar-refractivity contribution is -0.165. The summed E-state index contributed by atoms with van der Waals surface area (Å²) >= 11 is 1.38. The predicted molar refractivity (Wildman–Crippen MR) is 72.8 cm³/mol. The highest BCUT2D eigenvalue weighted by molar-refractivity contribution is 7.99. The first-order valence-corrected chi connectivity index (χ1v) is 7.02. The zero-order valence-corrected chi connectivity index (χ0v) is 11.5. The first-order chi connectivity index (χ1) is 9.02. The summed E-state index contributed by atoms with van der Waals surface area (Å²) in [5, 5.41) is 28.7. The number of aliphatic hydroxyl groups excluding tert-OH is 3. The number of aryl methyl sites for hydroxylation is 1. The van der Waals surface area contributed by atoms with Crippen molar-refractivity contribution in [3.05, 3.63) is 29.8 Å². The maximum Gasteiger partial charge on any atom is 0.126 e. The fraction of sp³-hybridized carbons (Fsp3) is 0.538. The molecule has 0 amide bonds. The van der Waals surface area contributed by atoms with E-state index in [2.05, 4.69) is 0 Å². The van der Waals surface area contributed by atoms with Crippen molar-refractivity contribution < 1.29 is 20.1 Å². The quantitative estimate of drug-likeness (QED) is 0.617. The van der Waals surface area contributed by atoms with Gasteiger partial charge in [0.25, 0.3) is 0 Å². The largest absolute Gasteiger partial charge is 0.394 e. The van der Waals surface area contributed by atoms with Crippen molar-refractivity contribution in [3.63, 3.8) is 0 Å². The minimum absolute atomic E-state index is 0.351. The van der Waals surface area contributed by atoms with Crippen LogP contribution in [0.2, 0.25) is 0 Å². The average Bonchev–Trinajstić information content (AvgIpc) is 2.42. The molecule has 0 bridgehead atoms. The number of hydrogen-bond donors (Lipinski definition) is 4. The third-order valence-electron chi connectivity index (χ3n) is 3.20. The molecule has 19 heavy (non-hydrogen) atoms. The summed E-state index contributed by atoms with van der Waals surface area (Å²) in [5.74, 6) is 0. The van der Waals surface area contributed by atoms with Gasteiger partial charge in [0.2, 0.25) is 0 Å². The molecule has 1 heterocycles. The van der Waals surface area contributed by atoms with Crippen molar-refractivity contribution in [1.29, 1.82) is 0 Å². The van der Waals surface area contributed by atoms with Crippen LogP contribution in [-0.4, -0.2) is 51.7 Å². The molecule has 1 aromatic rings. The second-order valence-electron chi connectivity index (χ2n) is 4.71. The fourth-order valence-electron chi connectivity index (χ4n) is 1.96. The summed E-state index contributed by atoms with van der Waals surface area (Å²) in [6.45, 7) is 1.65. The van der Waals surface area contributed by atoms with E-state index in [1.54, 1.807) is 0 Å². The van der Waals surface area contributed by atoms with Crippen molar-refractivity contribution in [2.24, 2.45) is 5.73 Å². The smallest absolute Gasteiger partial charge is 0.126 e. The highest BCUT2D eigenvalue weighted by atomic mass is 32.2. The number of thioether (sulfide) groups is 1. The number of ether oxygens (including phenoxy) is 1. The second-order valence-corrected chi connectivity index (χ2v) is 5.89. The van der Waals surface area contributed by atoms with E-state index in [0.717, 1.165) is 10.5 Å². The molecule has 106 valence electrons. The SMILES string of the molecule is Cc1ccc(S[C@@H]2O[C@H](CO)[C@@H](O)[C@H](O)[C@H]2N)cc1. The van der Waals surface area contributed by atoms with Crippen molar-refractivity contribution in [2.75, 3.05) is 6.61 Å². The number of rotatable bonds is 3. The van der Waals surface area contributed by atoms with E-state index >= 15 is 0 Å². The van der Waals surface area contributed by atoms with Gasteiger partial charge in [0.1, 0.15) is 23.7 Å². The Labute approximate surface area is 116 Å². The van der Waals surface area contributed by atoms with Crippen molar-refractivity contribution in [2.45, 2.75) is 41.6 Å². The van der Waals surface area contributed by atoms with Crippen LogP contribution in [0.5, 0.6) is 0 Å². The molecule has 0 spiro atoms. The minimum atomic E-state index is -1.16. The van der Waals surface area contributed by atoms with Crippen molar-refractivity contribution in [1.82, 2.24) is 0 Å². The molecule has 2 rings (SSSR count). The van der Waals surface area contributed by atoms with Crippen LogP contribution < -0.4 is 5.73 Å². The molecule has 0 aromatic heterocycles. The Morgan fingerprint density at radius 3 is 2.42 bits per heavy atom. The molecule has 0 radical (unpaired) electrons. The Balaban J connectivity index is 2.08. The van der Waals surface area contributed by atoms with Crippen molar-refractivity contribution >= 4 is 11.8 Å². The Kier molecular flexibility index (Phi) is 4.83. The molecular weight excluding hydrogens is 266 g/mol. The minimum Gasteiger partial charge on any atom is -0.394 e. The molecule has 5 N–H and O–H groups in total. The lowest BCUT2D eigenvalue weighted by Gasteiger charge is -2.40. The van der Waals surface area contributed by atoms with Crippen LogP contribution >= 0.6 is 11.8 Å². The molecular formula is C13H19NO4S. The standard InChI is InChI=1S/C13H19NO4S/c1-7-2-4-8(5-3-7)19-13-10(14)12(17)11(16)9(6-15)18-13/h2-5,9-13,15-17H,6,14H2,1H3/t9-,10-,11-,12-,13+/m1/s1. The number of benzene rings is 1. The van der Waals surface area contributed by atoms with Crippen molar-refractivity contribution in [3.8, 4) is 0 Å². The van der Waals surface area contributed by atoms with Gasteiger partial charge in [-0.3, -0.25) is 0 Å². The number of nitrogens with two attached hydrogens (primary N) is 1. The van der Waals surface area contributed by atoms with Crippen LogP contribution in [0.15, 0.2) is 29.2 Å². The lowest BCUT2D eigenvalue weighted by atomic mass is 9.99. The molecule has 5 nitrogen and oxygen atoms in total. The lowest BCUT2D eigenvalue weighted by Crippen LogP contribution is -2.60. The third kappa shape index (κ3) is 3.28. The predicted octanol–water partition coefficient (Wildman–Crippen LogP) is -0.147. The van der Waals surface area contributed by atoms with Gasteiger partial charge in [-0.2, -0.15) is 0 Å². The number of hydrogen-bond acceptors (Lipinski definition) is 6. The summed E-state index contributed by atoms with van der Waals surface area (Å²) < 4.78 is 5.54. The van der Waals surface area contributed by atoms with Gasteiger partial charge in [0, 0.05) is 4.90 Å². The molecule has 1 fully saturated rings. The van der Waals surface area contributed by atoms with Gasteiger partial charge in [-0.15, -0.1) is 0 Å². The zero-order chi connectivity index (χ0) is 14.0. The maximum atomic E-state index is 9.86. The van der Waals surface area contributed by atoms with Gasteiger partial charge < -0.3 is 25.8 Å². The molecule has 1 aliphatic rings. The van der Waals surface area contributed by atoms with Crippen LogP contribution in [0.3, 0.4) is 0 Å². The Bertz CT molecular complexity index is 412.